The van der Waals surface area contributed by atoms with E-state index in [-0.39, 0.29) is 12.6 Å². The minimum atomic E-state index is -1.61. The molecule has 1 N–H and O–H groups in total. The maximum absolute atomic E-state index is 13.1. The van der Waals surface area contributed by atoms with Gasteiger partial charge in [-0.2, -0.15) is 0 Å². The Balaban J connectivity index is 1.75. The molecule has 3 atom stereocenters. The number of ether oxygens (including phenoxy) is 6. The number of carbonyl (C=O) groups is 1. The van der Waals surface area contributed by atoms with E-state index in [1.165, 1.54) is 7.11 Å². The van der Waals surface area contributed by atoms with Gasteiger partial charge in [0, 0.05) is 30.4 Å². The highest BCUT2D eigenvalue weighted by atomic mass is 16.7. The molecule has 0 spiro atoms. The molecule has 31 heavy (non-hydrogen) atoms. The number of rotatable bonds is 4. The maximum atomic E-state index is 13.1. The summed E-state index contributed by atoms with van der Waals surface area (Å²) in [5.74, 6) is 0.0574. The van der Waals surface area contributed by atoms with Crippen molar-refractivity contribution in [2.45, 2.75) is 31.0 Å². The molecule has 3 aliphatic rings. The lowest BCUT2D eigenvalue weighted by molar-refractivity contribution is -0.206. The third-order valence-corrected chi connectivity index (χ3v) is 6.30. The van der Waals surface area contributed by atoms with Crippen LogP contribution in [0, 0.1) is 5.92 Å². The summed E-state index contributed by atoms with van der Waals surface area (Å²) < 4.78 is 33.6. The number of aliphatic hydroxyl groups is 1. The first kappa shape index (κ1) is 19.8. The number of hydrogen-bond acceptors (Lipinski definition) is 8. The van der Waals surface area contributed by atoms with E-state index >= 15 is 0 Å². The van der Waals surface area contributed by atoms with Crippen molar-refractivity contribution in [3.05, 3.63) is 35.4 Å². The van der Waals surface area contributed by atoms with Crippen LogP contribution in [0.15, 0.2) is 24.3 Å². The predicted molar refractivity (Wildman–Crippen MR) is 108 cm³/mol. The third kappa shape index (κ3) is 2.96. The van der Waals surface area contributed by atoms with Crippen LogP contribution >= 0.6 is 0 Å². The number of Topliss-reactive ketones (excluding diaryl/α,β-unsaturated/α-hetero) is 1. The van der Waals surface area contributed by atoms with E-state index in [2.05, 4.69) is 0 Å². The highest BCUT2D eigenvalue weighted by molar-refractivity contribution is 5.85. The summed E-state index contributed by atoms with van der Waals surface area (Å²) >= 11 is 0. The standard InChI is InChI=1S/C23H24O8/c1-26-18-7-12(8-19(27-2)22(18)28-3)20-13-9-16-17(30-11-29-16)10-15(13)31-23(25)6-4-5-14(24)21(20)23/h7-10,20-21,25H,4-6,11H2,1-3H3/t20-,21-,23-/m1/s1. The molecule has 1 fully saturated rings. The average molecular weight is 428 g/mol. The first-order chi connectivity index (χ1) is 15.0. The van der Waals surface area contributed by atoms with Crippen molar-refractivity contribution in [2.24, 2.45) is 5.92 Å². The molecule has 2 aliphatic heterocycles. The van der Waals surface area contributed by atoms with Crippen LogP contribution in [-0.2, 0) is 4.79 Å². The molecular formula is C23H24O8. The zero-order chi connectivity index (χ0) is 21.8. The monoisotopic (exact) mass is 428 g/mol. The zero-order valence-electron chi connectivity index (χ0n) is 17.6. The van der Waals surface area contributed by atoms with Crippen molar-refractivity contribution >= 4 is 5.78 Å². The Morgan fingerprint density at radius 2 is 1.65 bits per heavy atom. The van der Waals surface area contributed by atoms with Crippen molar-refractivity contribution in [1.29, 1.82) is 0 Å². The summed E-state index contributed by atoms with van der Waals surface area (Å²) in [5.41, 5.74) is 1.49. The fourth-order valence-electron chi connectivity index (χ4n) is 4.93. The second-order valence-electron chi connectivity index (χ2n) is 7.92. The molecular weight excluding hydrogens is 404 g/mol. The van der Waals surface area contributed by atoms with Crippen molar-refractivity contribution in [3.63, 3.8) is 0 Å². The average Bonchev–Trinajstić information content (AvgIpc) is 3.22. The molecule has 1 saturated carbocycles. The molecule has 0 unspecified atom stereocenters. The summed E-state index contributed by atoms with van der Waals surface area (Å²) in [4.78, 5) is 13.1. The van der Waals surface area contributed by atoms with Crippen molar-refractivity contribution in [1.82, 2.24) is 0 Å². The highest BCUT2D eigenvalue weighted by Crippen LogP contribution is 2.55. The Morgan fingerprint density at radius 3 is 2.29 bits per heavy atom. The molecule has 0 saturated heterocycles. The predicted octanol–water partition coefficient (Wildman–Crippen LogP) is 3.02. The van der Waals surface area contributed by atoms with E-state index in [1.54, 1.807) is 20.3 Å². The van der Waals surface area contributed by atoms with Crippen LogP contribution in [0.4, 0.5) is 0 Å². The highest BCUT2D eigenvalue weighted by Gasteiger charge is 2.55. The van der Waals surface area contributed by atoms with E-state index in [0.717, 1.165) is 11.1 Å². The number of ketones is 1. The second kappa shape index (κ2) is 7.23. The normalized spacial score (nSPS) is 25.9. The van der Waals surface area contributed by atoms with Gasteiger partial charge in [0.15, 0.2) is 23.0 Å². The maximum Gasteiger partial charge on any atom is 0.231 e. The van der Waals surface area contributed by atoms with Gasteiger partial charge in [-0.3, -0.25) is 4.79 Å². The summed E-state index contributed by atoms with van der Waals surface area (Å²) in [6.07, 6.45) is 1.31. The van der Waals surface area contributed by atoms with Crippen molar-refractivity contribution in [2.75, 3.05) is 28.1 Å². The first-order valence-electron chi connectivity index (χ1n) is 10.2. The topological polar surface area (TPSA) is 92.7 Å². The van der Waals surface area contributed by atoms with Crippen LogP contribution in [0.3, 0.4) is 0 Å². The molecule has 8 nitrogen and oxygen atoms in total. The quantitative estimate of drug-likeness (QED) is 0.795. The minimum absolute atomic E-state index is 0.0455. The number of hydrogen-bond donors (Lipinski definition) is 1. The van der Waals surface area contributed by atoms with Gasteiger partial charge in [0.2, 0.25) is 18.3 Å². The summed E-state index contributed by atoms with van der Waals surface area (Å²) in [5, 5.41) is 11.4. The van der Waals surface area contributed by atoms with E-state index in [4.69, 9.17) is 28.4 Å². The fraction of sp³-hybridized carbons (Fsp3) is 0.435. The second-order valence-corrected chi connectivity index (χ2v) is 7.92. The van der Waals surface area contributed by atoms with Crippen LogP contribution in [-0.4, -0.2) is 44.8 Å². The molecule has 5 rings (SSSR count). The molecule has 164 valence electrons. The lowest BCUT2D eigenvalue weighted by atomic mass is 9.67. The molecule has 8 heteroatoms. The Hall–Kier alpha value is -3.13. The molecule has 0 radical (unpaired) electrons. The third-order valence-electron chi connectivity index (χ3n) is 6.30. The molecule has 2 heterocycles. The molecule has 1 aliphatic carbocycles. The molecule has 2 aromatic rings. The van der Waals surface area contributed by atoms with E-state index in [1.807, 2.05) is 18.2 Å². The molecule has 2 aromatic carbocycles. The zero-order valence-corrected chi connectivity index (χ0v) is 17.6. The van der Waals surface area contributed by atoms with Gasteiger partial charge in [0.1, 0.15) is 11.5 Å². The van der Waals surface area contributed by atoms with Gasteiger partial charge in [-0.25, -0.2) is 0 Å². The lowest BCUT2D eigenvalue weighted by Crippen LogP contribution is -2.55. The van der Waals surface area contributed by atoms with Crippen LogP contribution < -0.4 is 28.4 Å². The number of fused-ring (bicyclic) bond motifs is 3. The van der Waals surface area contributed by atoms with Crippen molar-refractivity contribution in [3.8, 4) is 34.5 Å². The van der Waals surface area contributed by atoms with Gasteiger partial charge >= 0.3 is 0 Å². The summed E-state index contributed by atoms with van der Waals surface area (Å²) in [6.45, 7) is 0.111. The van der Waals surface area contributed by atoms with E-state index < -0.39 is 17.6 Å². The smallest absolute Gasteiger partial charge is 0.231 e. The number of carbonyl (C=O) groups excluding carboxylic acids is 1. The van der Waals surface area contributed by atoms with Gasteiger partial charge in [-0.05, 0) is 30.2 Å². The molecule has 0 amide bonds. The van der Waals surface area contributed by atoms with Gasteiger partial charge in [0.25, 0.3) is 0 Å². The van der Waals surface area contributed by atoms with E-state index in [9.17, 15) is 9.90 Å². The Kier molecular flexibility index (Phi) is 4.62. The summed E-state index contributed by atoms with van der Waals surface area (Å²) in [6, 6.07) is 7.17. The largest absolute Gasteiger partial charge is 0.493 e. The van der Waals surface area contributed by atoms with Crippen LogP contribution in [0.1, 0.15) is 36.3 Å². The SMILES string of the molecule is COc1cc([C@@H]2c3cc4c(cc3O[C@]3(O)CCCC(=O)[C@H]23)OCO4)cc(OC)c1OC. The minimum Gasteiger partial charge on any atom is -0.493 e. The van der Waals surface area contributed by atoms with Gasteiger partial charge in [-0.1, -0.05) is 0 Å². The van der Waals surface area contributed by atoms with Crippen LogP contribution in [0.5, 0.6) is 34.5 Å². The Bertz CT molecular complexity index is 1020. The summed E-state index contributed by atoms with van der Waals surface area (Å²) in [7, 11) is 4.62. The number of methoxy groups -OCH3 is 3. The van der Waals surface area contributed by atoms with Gasteiger partial charge in [0.05, 0.1) is 27.2 Å². The Morgan fingerprint density at radius 1 is 0.968 bits per heavy atom. The van der Waals surface area contributed by atoms with Crippen molar-refractivity contribution < 1.29 is 38.3 Å². The van der Waals surface area contributed by atoms with E-state index in [0.29, 0.717) is 53.8 Å². The lowest BCUT2D eigenvalue weighted by Gasteiger charge is -2.47. The molecule has 0 aromatic heterocycles. The number of benzene rings is 2. The van der Waals surface area contributed by atoms with Gasteiger partial charge in [-0.15, -0.1) is 0 Å². The Labute approximate surface area is 179 Å². The fourth-order valence-corrected chi connectivity index (χ4v) is 4.93. The van der Waals surface area contributed by atoms with Crippen LogP contribution in [0.2, 0.25) is 0 Å². The van der Waals surface area contributed by atoms with Crippen LogP contribution in [0.25, 0.3) is 0 Å². The first-order valence-corrected chi connectivity index (χ1v) is 10.2. The molecule has 0 bridgehead atoms. The van der Waals surface area contributed by atoms with Gasteiger partial charge < -0.3 is 33.5 Å².